The highest BCUT2D eigenvalue weighted by Gasteiger charge is 2.47. The van der Waals surface area contributed by atoms with Gasteiger partial charge in [0.1, 0.15) is 12.7 Å². The summed E-state index contributed by atoms with van der Waals surface area (Å²) in [4.78, 5) is 8.74. The third-order valence-corrected chi connectivity index (χ3v) is 4.97. The Labute approximate surface area is 157 Å². The van der Waals surface area contributed by atoms with E-state index in [2.05, 4.69) is 5.32 Å². The molecule has 2 rings (SSSR count). The molecule has 0 heterocycles. The number of ether oxygens (including phenoxy) is 1. The Morgan fingerprint density at radius 2 is 1.82 bits per heavy atom. The molecule has 2 aromatic carbocycles. The van der Waals surface area contributed by atoms with Gasteiger partial charge in [0.05, 0.1) is 9.82 Å². The van der Waals surface area contributed by atoms with Crippen molar-refractivity contribution in [2.45, 2.75) is 16.5 Å². The molecule has 0 aliphatic carbocycles. The summed E-state index contributed by atoms with van der Waals surface area (Å²) in [5, 5.41) is 23.9. The average molecular weight is 420 g/mol. The van der Waals surface area contributed by atoms with Crippen molar-refractivity contribution in [2.75, 3.05) is 18.5 Å². The summed E-state index contributed by atoms with van der Waals surface area (Å²) >= 11 is 0. The van der Waals surface area contributed by atoms with Gasteiger partial charge in [-0.3, -0.25) is 10.1 Å². The molecule has 0 spiro atoms. The van der Waals surface area contributed by atoms with Gasteiger partial charge in [0.2, 0.25) is 0 Å². The number of alkyl halides is 3. The second-order valence-electron chi connectivity index (χ2n) is 5.55. The van der Waals surface area contributed by atoms with Crippen LogP contribution in [0.3, 0.4) is 0 Å². The molecule has 12 heteroatoms. The topological polar surface area (TPSA) is 119 Å². The number of nitrogens with one attached hydrogen (secondary N) is 1. The summed E-state index contributed by atoms with van der Waals surface area (Å²) in [5.74, 6) is -0.468. The van der Waals surface area contributed by atoms with Crippen molar-refractivity contribution in [2.24, 2.45) is 0 Å². The molecule has 0 amide bonds. The molecule has 1 unspecified atom stereocenters. The van der Waals surface area contributed by atoms with Crippen LogP contribution in [0.15, 0.2) is 53.4 Å². The zero-order valence-corrected chi connectivity index (χ0v) is 14.9. The summed E-state index contributed by atoms with van der Waals surface area (Å²) in [6.45, 7) is -0.371. The zero-order valence-electron chi connectivity index (χ0n) is 14.1. The molecule has 0 saturated carbocycles. The average Bonchev–Trinajstić information content (AvgIpc) is 2.64. The molecule has 8 nitrogen and oxygen atoms in total. The first-order valence-corrected chi connectivity index (χ1v) is 9.20. The van der Waals surface area contributed by atoms with E-state index < -0.39 is 49.3 Å². The van der Waals surface area contributed by atoms with Crippen molar-refractivity contribution in [1.82, 2.24) is 0 Å². The largest absolute Gasteiger partial charge is 0.501 e. The number of aliphatic hydroxyl groups excluding tert-OH is 1. The minimum Gasteiger partial charge on any atom is -0.484 e. The lowest BCUT2D eigenvalue weighted by molar-refractivity contribution is -0.386. The summed E-state index contributed by atoms with van der Waals surface area (Å²) in [6.07, 6.45) is -1.10. The predicted octanol–water partition coefficient (Wildman–Crippen LogP) is 2.74. The first kappa shape index (κ1) is 21.4. The van der Waals surface area contributed by atoms with Crippen LogP contribution in [-0.4, -0.2) is 43.2 Å². The second kappa shape index (κ2) is 8.44. The number of nitro benzene ring substituents is 1. The number of para-hydroxylation sites is 1. The monoisotopic (exact) mass is 420 g/mol. The Morgan fingerprint density at radius 3 is 2.39 bits per heavy atom. The predicted molar refractivity (Wildman–Crippen MR) is 92.8 cm³/mol. The van der Waals surface area contributed by atoms with Gasteiger partial charge in [-0.05, 0) is 24.3 Å². The van der Waals surface area contributed by atoms with E-state index in [-0.39, 0.29) is 12.6 Å². The highest BCUT2D eigenvalue weighted by atomic mass is 32.2. The number of aliphatic hydroxyl groups is 1. The number of halogens is 3. The molecular weight excluding hydrogens is 405 g/mol. The first-order valence-electron chi connectivity index (χ1n) is 7.72. The van der Waals surface area contributed by atoms with Gasteiger partial charge in [-0.2, -0.15) is 13.2 Å². The Kier molecular flexibility index (Phi) is 6.46. The van der Waals surface area contributed by atoms with Crippen LogP contribution in [0.5, 0.6) is 5.75 Å². The minimum absolute atomic E-state index is 0.0400. The van der Waals surface area contributed by atoms with Crippen LogP contribution in [0.4, 0.5) is 24.5 Å². The molecule has 152 valence electrons. The van der Waals surface area contributed by atoms with Crippen LogP contribution in [0.1, 0.15) is 0 Å². The Hall–Kier alpha value is -2.86. The van der Waals surface area contributed by atoms with Crippen LogP contribution in [0.2, 0.25) is 0 Å². The molecule has 0 bridgehead atoms. The van der Waals surface area contributed by atoms with Crippen LogP contribution >= 0.6 is 0 Å². The fraction of sp³-hybridized carbons (Fsp3) is 0.250. The maximum absolute atomic E-state index is 12.6. The van der Waals surface area contributed by atoms with E-state index in [4.69, 9.17) is 4.74 Å². The maximum atomic E-state index is 12.6. The number of nitrogens with zero attached hydrogens (tertiary/aromatic N) is 1. The first-order chi connectivity index (χ1) is 13.0. The molecular formula is C16H15F3N2O6S. The molecule has 0 aliphatic heterocycles. The second-order valence-corrected chi connectivity index (χ2v) is 7.49. The molecule has 28 heavy (non-hydrogen) atoms. The summed E-state index contributed by atoms with van der Waals surface area (Å²) in [6, 6.07) is 10.4. The van der Waals surface area contributed by atoms with Gasteiger partial charge in [-0.1, -0.05) is 18.2 Å². The lowest BCUT2D eigenvalue weighted by Crippen LogP contribution is -2.26. The number of rotatable bonds is 8. The Morgan fingerprint density at radius 1 is 1.18 bits per heavy atom. The highest BCUT2D eigenvalue weighted by molar-refractivity contribution is 7.92. The van der Waals surface area contributed by atoms with Gasteiger partial charge in [0.15, 0.2) is 5.75 Å². The SMILES string of the molecule is O=[N+]([O-])c1cc(S(=O)(=O)C(F)(F)F)ccc1OCC(O)CNc1ccccc1. The van der Waals surface area contributed by atoms with Crippen LogP contribution in [0.25, 0.3) is 0 Å². The number of nitro groups is 1. The van der Waals surface area contributed by atoms with Crippen LogP contribution < -0.4 is 10.1 Å². The molecule has 0 saturated heterocycles. The van der Waals surface area contributed by atoms with Crippen LogP contribution in [0, 0.1) is 10.1 Å². The zero-order chi connectivity index (χ0) is 20.9. The normalized spacial score (nSPS) is 13.0. The molecule has 2 aromatic rings. The molecule has 2 N–H and O–H groups in total. The van der Waals surface area contributed by atoms with E-state index in [0.717, 1.165) is 6.07 Å². The Balaban J connectivity index is 2.10. The lowest BCUT2D eigenvalue weighted by atomic mass is 10.3. The van der Waals surface area contributed by atoms with Gasteiger partial charge in [-0.25, -0.2) is 8.42 Å². The van der Waals surface area contributed by atoms with Gasteiger partial charge in [0.25, 0.3) is 9.84 Å². The van der Waals surface area contributed by atoms with Gasteiger partial charge < -0.3 is 15.2 Å². The van der Waals surface area contributed by atoms with Crippen molar-refractivity contribution in [3.8, 4) is 5.75 Å². The number of anilines is 1. The third kappa shape index (κ3) is 5.10. The maximum Gasteiger partial charge on any atom is 0.501 e. The quantitative estimate of drug-likeness (QED) is 0.498. The fourth-order valence-corrected chi connectivity index (χ4v) is 2.88. The number of benzene rings is 2. The van der Waals surface area contributed by atoms with E-state index in [1.165, 1.54) is 0 Å². The summed E-state index contributed by atoms with van der Waals surface area (Å²) < 4.78 is 65.7. The lowest BCUT2D eigenvalue weighted by Gasteiger charge is -2.14. The standard InChI is InChI=1S/C16H15F3N2O6S/c17-16(18,19)28(25,26)13-6-7-15(14(8-13)21(23)24)27-10-12(22)9-20-11-4-2-1-3-5-11/h1-8,12,20,22H,9-10H2. The third-order valence-electron chi connectivity index (χ3n) is 3.49. The van der Waals surface area contributed by atoms with Crippen molar-refractivity contribution < 1.29 is 36.4 Å². The molecule has 0 radical (unpaired) electrons. The smallest absolute Gasteiger partial charge is 0.484 e. The van der Waals surface area contributed by atoms with E-state index in [1.807, 2.05) is 0 Å². The van der Waals surface area contributed by atoms with Crippen molar-refractivity contribution in [1.29, 1.82) is 0 Å². The summed E-state index contributed by atoms with van der Waals surface area (Å²) in [7, 11) is -5.74. The molecule has 0 aromatic heterocycles. The van der Waals surface area contributed by atoms with E-state index in [1.54, 1.807) is 30.3 Å². The van der Waals surface area contributed by atoms with E-state index in [9.17, 15) is 36.8 Å². The molecule has 0 fully saturated rings. The summed E-state index contributed by atoms with van der Waals surface area (Å²) in [5.41, 5.74) is -5.84. The highest BCUT2D eigenvalue weighted by Crippen LogP contribution is 2.35. The van der Waals surface area contributed by atoms with E-state index >= 15 is 0 Å². The van der Waals surface area contributed by atoms with Crippen molar-refractivity contribution in [3.63, 3.8) is 0 Å². The molecule has 0 aliphatic rings. The number of sulfone groups is 1. The van der Waals surface area contributed by atoms with E-state index in [0.29, 0.717) is 11.8 Å². The van der Waals surface area contributed by atoms with Gasteiger partial charge in [0, 0.05) is 18.3 Å². The van der Waals surface area contributed by atoms with Crippen molar-refractivity contribution in [3.05, 3.63) is 58.6 Å². The van der Waals surface area contributed by atoms with Gasteiger partial charge >= 0.3 is 11.2 Å². The van der Waals surface area contributed by atoms with Crippen molar-refractivity contribution >= 4 is 21.2 Å². The number of hydrogen-bond acceptors (Lipinski definition) is 7. The molecule has 1 atom stereocenters. The van der Waals surface area contributed by atoms with Gasteiger partial charge in [-0.15, -0.1) is 0 Å². The van der Waals surface area contributed by atoms with Crippen LogP contribution in [-0.2, 0) is 9.84 Å². The number of hydrogen-bond donors (Lipinski definition) is 2. The Bertz CT molecular complexity index is 935. The minimum atomic E-state index is -5.74. The fourth-order valence-electron chi connectivity index (χ4n) is 2.10.